The van der Waals surface area contributed by atoms with Gasteiger partial charge in [0.05, 0.1) is 11.9 Å². The minimum Gasteiger partial charge on any atom is -0.261 e. The van der Waals surface area contributed by atoms with E-state index in [9.17, 15) is 0 Å². The molecular formula is C55H49N5. The normalized spacial score (nSPS) is 14.9. The quantitative estimate of drug-likeness (QED) is 0.146. The van der Waals surface area contributed by atoms with E-state index >= 15 is 0 Å². The Labute approximate surface area is 353 Å². The van der Waals surface area contributed by atoms with Gasteiger partial charge in [0.2, 0.25) is 0 Å². The summed E-state index contributed by atoms with van der Waals surface area (Å²) in [5, 5.41) is 0. The highest BCUT2D eigenvalue weighted by atomic mass is 15.0. The standard InChI is InChI=1S/C55H49N5/c1-5-17-38(18-6-1)42-31-43(39-19-7-2-8-20-39)33-44(32-42)45-34-46(52-37-56-29-30-57-52)36-47(35-45)53-58-54(50-27-15-13-25-48(50)40-21-9-3-10-22-40)60-55(59-53)51-28-16-14-26-49(51)41-23-11-4-12-24-41/h3-4,9-16,21-39H,1-2,5-8,17-20H2. The van der Waals surface area contributed by atoms with Crippen LogP contribution in [0.15, 0.2) is 164 Å². The molecular weight excluding hydrogens is 731 g/mol. The Kier molecular flexibility index (Phi) is 10.9. The van der Waals surface area contributed by atoms with Crippen molar-refractivity contribution in [2.24, 2.45) is 0 Å². The van der Waals surface area contributed by atoms with Gasteiger partial charge in [-0.15, -0.1) is 0 Å². The number of hydrogen-bond donors (Lipinski definition) is 0. The maximum atomic E-state index is 5.38. The van der Waals surface area contributed by atoms with E-state index in [0.717, 1.165) is 55.8 Å². The highest BCUT2D eigenvalue weighted by Crippen LogP contribution is 2.42. The van der Waals surface area contributed by atoms with Gasteiger partial charge in [-0.25, -0.2) is 15.0 Å². The molecule has 2 fully saturated rings. The molecule has 0 atom stereocenters. The summed E-state index contributed by atoms with van der Waals surface area (Å²) in [6, 6.07) is 52.2. The summed E-state index contributed by atoms with van der Waals surface area (Å²) in [6.45, 7) is 0. The summed E-state index contributed by atoms with van der Waals surface area (Å²) in [7, 11) is 0. The maximum Gasteiger partial charge on any atom is 0.164 e. The van der Waals surface area contributed by atoms with Crippen molar-refractivity contribution in [1.82, 2.24) is 24.9 Å². The molecule has 0 spiro atoms. The van der Waals surface area contributed by atoms with E-state index in [1.165, 1.54) is 80.9 Å². The van der Waals surface area contributed by atoms with Crippen LogP contribution in [0.4, 0.5) is 0 Å². The van der Waals surface area contributed by atoms with Crippen LogP contribution in [0.2, 0.25) is 0 Å². The maximum absolute atomic E-state index is 5.38. The van der Waals surface area contributed by atoms with E-state index in [0.29, 0.717) is 29.3 Å². The van der Waals surface area contributed by atoms with Gasteiger partial charge in [-0.2, -0.15) is 0 Å². The molecule has 6 aromatic carbocycles. The molecule has 2 aromatic heterocycles. The zero-order chi connectivity index (χ0) is 40.1. The largest absolute Gasteiger partial charge is 0.261 e. The average molecular weight is 780 g/mol. The lowest BCUT2D eigenvalue weighted by atomic mass is 9.78. The van der Waals surface area contributed by atoms with Gasteiger partial charge in [0, 0.05) is 34.6 Å². The van der Waals surface area contributed by atoms with Crippen molar-refractivity contribution in [3.05, 3.63) is 175 Å². The van der Waals surface area contributed by atoms with Crippen LogP contribution in [0, 0.1) is 0 Å². The van der Waals surface area contributed by atoms with E-state index in [1.54, 1.807) is 12.4 Å². The number of nitrogens with zero attached hydrogens (tertiary/aromatic N) is 5. The molecule has 0 aliphatic heterocycles. The summed E-state index contributed by atoms with van der Waals surface area (Å²) in [5.41, 5.74) is 14.4. The third kappa shape index (κ3) is 8.05. The Bertz CT molecular complexity index is 2580. The zero-order valence-electron chi connectivity index (χ0n) is 34.1. The van der Waals surface area contributed by atoms with Gasteiger partial charge in [-0.1, -0.05) is 166 Å². The molecule has 0 bridgehead atoms. The minimum atomic E-state index is 0.603. The molecule has 0 N–H and O–H groups in total. The fraction of sp³-hybridized carbons (Fsp3) is 0.218. The van der Waals surface area contributed by atoms with Crippen molar-refractivity contribution in [3.8, 4) is 78.8 Å². The SMILES string of the molecule is c1ccc(-c2ccccc2-c2nc(-c3cc(-c4cc(C5CCCCC5)cc(C5CCCCC5)c4)cc(-c4cnccn4)c3)nc(-c3ccccc3-c3ccccc3)n2)cc1. The molecule has 0 amide bonds. The van der Waals surface area contributed by atoms with Crippen LogP contribution in [0.3, 0.4) is 0 Å². The van der Waals surface area contributed by atoms with E-state index in [-0.39, 0.29) is 0 Å². The van der Waals surface area contributed by atoms with Gasteiger partial charge in [0.25, 0.3) is 0 Å². The molecule has 0 radical (unpaired) electrons. The Morgan fingerprint density at radius 1 is 0.350 bits per heavy atom. The molecule has 294 valence electrons. The van der Waals surface area contributed by atoms with Crippen LogP contribution in [0.1, 0.15) is 87.2 Å². The summed E-state index contributed by atoms with van der Waals surface area (Å²) in [6.07, 6.45) is 18.4. The van der Waals surface area contributed by atoms with Gasteiger partial charge < -0.3 is 0 Å². The van der Waals surface area contributed by atoms with Crippen molar-refractivity contribution >= 4 is 0 Å². The van der Waals surface area contributed by atoms with E-state index in [1.807, 2.05) is 6.20 Å². The third-order valence-corrected chi connectivity index (χ3v) is 12.7. The van der Waals surface area contributed by atoms with Crippen LogP contribution in [-0.2, 0) is 0 Å². The second-order valence-corrected chi connectivity index (χ2v) is 16.6. The molecule has 0 unspecified atom stereocenters. The summed E-state index contributed by atoms with van der Waals surface area (Å²) in [5.74, 6) is 3.08. The molecule has 2 heterocycles. The van der Waals surface area contributed by atoms with Crippen molar-refractivity contribution in [3.63, 3.8) is 0 Å². The van der Waals surface area contributed by atoms with Gasteiger partial charge in [-0.3, -0.25) is 9.97 Å². The van der Waals surface area contributed by atoms with E-state index < -0.39 is 0 Å². The van der Waals surface area contributed by atoms with E-state index in [4.69, 9.17) is 19.9 Å². The summed E-state index contributed by atoms with van der Waals surface area (Å²) < 4.78 is 0. The first kappa shape index (κ1) is 37.7. The van der Waals surface area contributed by atoms with Crippen LogP contribution in [0.25, 0.3) is 78.8 Å². The topological polar surface area (TPSA) is 64.5 Å². The third-order valence-electron chi connectivity index (χ3n) is 12.7. The van der Waals surface area contributed by atoms with Gasteiger partial charge in [-0.05, 0) is 100 Å². The first-order valence-corrected chi connectivity index (χ1v) is 21.9. The highest BCUT2D eigenvalue weighted by molar-refractivity contribution is 5.86. The lowest BCUT2D eigenvalue weighted by molar-refractivity contribution is 0.435. The molecule has 8 aromatic rings. The fourth-order valence-corrected chi connectivity index (χ4v) is 9.55. The van der Waals surface area contributed by atoms with E-state index in [2.05, 4.69) is 151 Å². The summed E-state index contributed by atoms with van der Waals surface area (Å²) in [4.78, 5) is 25.4. The van der Waals surface area contributed by atoms with Gasteiger partial charge in [0.1, 0.15) is 0 Å². The highest BCUT2D eigenvalue weighted by Gasteiger charge is 2.23. The van der Waals surface area contributed by atoms with Crippen LogP contribution in [0.5, 0.6) is 0 Å². The first-order valence-electron chi connectivity index (χ1n) is 21.9. The predicted octanol–water partition coefficient (Wildman–Crippen LogP) is 14.4. The molecule has 2 aliphatic carbocycles. The molecule has 5 heteroatoms. The molecule has 2 aliphatic rings. The van der Waals surface area contributed by atoms with Crippen LogP contribution < -0.4 is 0 Å². The van der Waals surface area contributed by atoms with Crippen molar-refractivity contribution in [2.75, 3.05) is 0 Å². The number of aromatic nitrogens is 5. The number of benzene rings is 6. The molecule has 2 saturated carbocycles. The second-order valence-electron chi connectivity index (χ2n) is 16.6. The lowest BCUT2D eigenvalue weighted by Crippen LogP contribution is -2.08. The van der Waals surface area contributed by atoms with Crippen LogP contribution in [-0.4, -0.2) is 24.9 Å². The predicted molar refractivity (Wildman–Crippen MR) is 245 cm³/mol. The van der Waals surface area contributed by atoms with Crippen LogP contribution >= 0.6 is 0 Å². The lowest BCUT2D eigenvalue weighted by Gasteiger charge is -2.27. The molecule has 10 rings (SSSR count). The monoisotopic (exact) mass is 779 g/mol. The van der Waals surface area contributed by atoms with Crippen molar-refractivity contribution in [2.45, 2.75) is 76.0 Å². The fourth-order valence-electron chi connectivity index (χ4n) is 9.55. The Balaban J connectivity index is 1.20. The Hall–Kier alpha value is -6.59. The number of hydrogen-bond acceptors (Lipinski definition) is 5. The number of rotatable bonds is 9. The average Bonchev–Trinajstić information content (AvgIpc) is 3.35. The molecule has 60 heavy (non-hydrogen) atoms. The smallest absolute Gasteiger partial charge is 0.164 e. The Morgan fingerprint density at radius 2 is 0.800 bits per heavy atom. The first-order chi connectivity index (χ1) is 29.7. The summed E-state index contributed by atoms with van der Waals surface area (Å²) >= 11 is 0. The van der Waals surface area contributed by atoms with Gasteiger partial charge in [0.15, 0.2) is 17.5 Å². The van der Waals surface area contributed by atoms with Gasteiger partial charge >= 0.3 is 0 Å². The van der Waals surface area contributed by atoms with Crippen molar-refractivity contribution in [1.29, 1.82) is 0 Å². The minimum absolute atomic E-state index is 0.603. The zero-order valence-corrected chi connectivity index (χ0v) is 34.1. The molecule has 0 saturated heterocycles. The Morgan fingerprint density at radius 3 is 1.32 bits per heavy atom. The molecule has 5 nitrogen and oxygen atoms in total. The second kappa shape index (κ2) is 17.3. The van der Waals surface area contributed by atoms with Crippen molar-refractivity contribution < 1.29 is 0 Å².